The van der Waals surface area contributed by atoms with E-state index in [2.05, 4.69) is 65.0 Å². The van der Waals surface area contributed by atoms with E-state index in [-0.39, 0.29) is 6.10 Å². The molecule has 1 aromatic carbocycles. The Hall–Kier alpha value is -0.643. The maximum atomic E-state index is 7.03. The van der Waals surface area contributed by atoms with E-state index in [0.29, 0.717) is 17.2 Å². The van der Waals surface area contributed by atoms with Crippen LogP contribution in [0.3, 0.4) is 0 Å². The lowest BCUT2D eigenvalue weighted by Crippen LogP contribution is -2.53. The molecule has 0 unspecified atom stereocenters. The predicted octanol–water partition coefficient (Wildman–Crippen LogP) is 7.03. The summed E-state index contributed by atoms with van der Waals surface area (Å²) in [6.07, 6.45) is 10.3. The molecule has 0 aliphatic carbocycles. The normalized spacial score (nSPS) is 24.7. The molecule has 0 saturated carbocycles. The summed E-state index contributed by atoms with van der Waals surface area (Å²) in [6, 6.07) is 10.8. The molecule has 1 heterocycles. The average molecular weight is 377 g/mol. The van der Waals surface area contributed by atoms with Gasteiger partial charge in [0, 0.05) is 6.10 Å². The van der Waals surface area contributed by atoms with Crippen molar-refractivity contribution in [2.75, 3.05) is 0 Å². The Morgan fingerprint density at radius 2 is 1.46 bits per heavy atom. The zero-order valence-electron chi connectivity index (χ0n) is 17.7. The fourth-order valence-electron chi connectivity index (χ4n) is 4.34. The van der Waals surface area contributed by atoms with Crippen molar-refractivity contribution in [2.24, 2.45) is 0 Å². The van der Waals surface area contributed by atoms with Crippen molar-refractivity contribution in [3.63, 3.8) is 0 Å². The second kappa shape index (κ2) is 10.6. The minimum atomic E-state index is -2.29. The Kier molecular flexibility index (Phi) is 8.85. The molecule has 0 bridgehead atoms. The van der Waals surface area contributed by atoms with Crippen LogP contribution in [0.4, 0.5) is 0 Å². The first-order valence-electron chi connectivity index (χ1n) is 10.9. The minimum Gasteiger partial charge on any atom is -0.391 e. The van der Waals surface area contributed by atoms with Gasteiger partial charge in [0.05, 0.1) is 6.10 Å². The third-order valence-corrected chi connectivity index (χ3v) is 10.4. The SMILES string of the molecule is CCC[C@H]1CCCCC[C@H](Cc2ccccc2)O[Si](C(C)C)(C(C)C)O1. The van der Waals surface area contributed by atoms with Gasteiger partial charge in [-0.2, -0.15) is 0 Å². The van der Waals surface area contributed by atoms with E-state index in [4.69, 9.17) is 8.85 Å². The van der Waals surface area contributed by atoms with Crippen molar-refractivity contribution in [1.29, 1.82) is 0 Å². The van der Waals surface area contributed by atoms with Crippen molar-refractivity contribution >= 4 is 8.56 Å². The zero-order chi connectivity index (χ0) is 19.0. The van der Waals surface area contributed by atoms with Crippen LogP contribution in [0.1, 0.15) is 85.1 Å². The fraction of sp³-hybridized carbons (Fsp3) is 0.739. The zero-order valence-corrected chi connectivity index (χ0v) is 18.7. The summed E-state index contributed by atoms with van der Waals surface area (Å²) in [7, 11) is -2.29. The van der Waals surface area contributed by atoms with Gasteiger partial charge in [0.1, 0.15) is 0 Å². The van der Waals surface area contributed by atoms with E-state index < -0.39 is 8.56 Å². The lowest BCUT2D eigenvalue weighted by molar-refractivity contribution is 0.0478. The highest BCUT2D eigenvalue weighted by atomic mass is 28.4. The molecule has 0 radical (unpaired) electrons. The Labute approximate surface area is 162 Å². The van der Waals surface area contributed by atoms with E-state index in [1.54, 1.807) is 0 Å². The van der Waals surface area contributed by atoms with Gasteiger partial charge in [-0.3, -0.25) is 0 Å². The van der Waals surface area contributed by atoms with Gasteiger partial charge in [0.25, 0.3) is 0 Å². The quantitative estimate of drug-likeness (QED) is 0.496. The van der Waals surface area contributed by atoms with Crippen LogP contribution in [0.2, 0.25) is 11.1 Å². The Morgan fingerprint density at radius 3 is 2.04 bits per heavy atom. The summed E-state index contributed by atoms with van der Waals surface area (Å²) in [6.45, 7) is 11.6. The van der Waals surface area contributed by atoms with Crippen molar-refractivity contribution in [3.05, 3.63) is 35.9 Å². The van der Waals surface area contributed by atoms with Gasteiger partial charge in [-0.15, -0.1) is 0 Å². The molecule has 1 aliphatic rings. The molecular weight excluding hydrogens is 336 g/mol. The van der Waals surface area contributed by atoms with Gasteiger partial charge >= 0.3 is 8.56 Å². The molecular formula is C23H40O2Si. The predicted molar refractivity (Wildman–Crippen MR) is 114 cm³/mol. The van der Waals surface area contributed by atoms with Crippen LogP contribution < -0.4 is 0 Å². The lowest BCUT2D eigenvalue weighted by atomic mass is 10.0. The smallest absolute Gasteiger partial charge is 0.343 e. The number of hydrogen-bond acceptors (Lipinski definition) is 2. The second-order valence-corrected chi connectivity index (χ2v) is 12.9. The molecule has 0 aromatic heterocycles. The molecule has 0 amide bonds. The molecule has 3 heteroatoms. The van der Waals surface area contributed by atoms with Crippen LogP contribution >= 0.6 is 0 Å². The first kappa shape index (κ1) is 21.7. The molecule has 1 fully saturated rings. The molecule has 0 spiro atoms. The summed E-state index contributed by atoms with van der Waals surface area (Å²) >= 11 is 0. The van der Waals surface area contributed by atoms with Crippen LogP contribution in [-0.2, 0) is 15.3 Å². The van der Waals surface area contributed by atoms with E-state index >= 15 is 0 Å². The van der Waals surface area contributed by atoms with Gasteiger partial charge in [-0.1, -0.05) is 90.6 Å². The van der Waals surface area contributed by atoms with Crippen molar-refractivity contribution < 1.29 is 8.85 Å². The van der Waals surface area contributed by atoms with Gasteiger partial charge in [-0.05, 0) is 42.3 Å². The van der Waals surface area contributed by atoms with Gasteiger partial charge in [0.15, 0.2) is 0 Å². The minimum absolute atomic E-state index is 0.286. The van der Waals surface area contributed by atoms with Gasteiger partial charge < -0.3 is 8.85 Å². The summed E-state index contributed by atoms with van der Waals surface area (Å²) < 4.78 is 14.0. The highest BCUT2D eigenvalue weighted by molar-refractivity contribution is 6.70. The third-order valence-electron chi connectivity index (χ3n) is 5.78. The van der Waals surface area contributed by atoms with E-state index in [0.717, 1.165) is 12.8 Å². The highest BCUT2D eigenvalue weighted by Gasteiger charge is 2.48. The summed E-state index contributed by atoms with van der Waals surface area (Å²) in [5.41, 5.74) is 2.33. The molecule has 148 valence electrons. The lowest BCUT2D eigenvalue weighted by Gasteiger charge is -2.43. The largest absolute Gasteiger partial charge is 0.391 e. The first-order chi connectivity index (χ1) is 12.5. The standard InChI is InChI=1S/C23H40O2Si/c1-6-13-22-16-11-8-12-17-23(18-21-14-9-7-10-15-21)25-26(24-22,19(2)3)20(4)5/h7,9-10,14-15,19-20,22-23H,6,8,11-13,16-18H2,1-5H3/t22-,23+/m0/s1. The van der Waals surface area contributed by atoms with Crippen LogP contribution in [-0.4, -0.2) is 20.8 Å². The van der Waals surface area contributed by atoms with Crippen LogP contribution in [0.5, 0.6) is 0 Å². The maximum absolute atomic E-state index is 7.03. The van der Waals surface area contributed by atoms with Crippen LogP contribution in [0.15, 0.2) is 30.3 Å². The Bertz CT molecular complexity index is 492. The van der Waals surface area contributed by atoms with Crippen LogP contribution in [0, 0.1) is 0 Å². The monoisotopic (exact) mass is 376 g/mol. The van der Waals surface area contributed by atoms with E-state index in [1.807, 2.05) is 0 Å². The summed E-state index contributed by atoms with van der Waals surface area (Å²) in [5, 5.41) is 0. The molecule has 0 N–H and O–H groups in total. The summed E-state index contributed by atoms with van der Waals surface area (Å²) in [4.78, 5) is 0. The summed E-state index contributed by atoms with van der Waals surface area (Å²) in [5.74, 6) is 0. The average Bonchev–Trinajstić information content (AvgIpc) is 2.61. The van der Waals surface area contributed by atoms with Crippen molar-refractivity contribution in [1.82, 2.24) is 0 Å². The van der Waals surface area contributed by atoms with Gasteiger partial charge in [-0.25, -0.2) is 0 Å². The molecule has 26 heavy (non-hydrogen) atoms. The van der Waals surface area contributed by atoms with E-state index in [9.17, 15) is 0 Å². The number of benzene rings is 1. The fourth-order valence-corrected chi connectivity index (χ4v) is 8.30. The molecule has 1 saturated heterocycles. The molecule has 2 rings (SSSR count). The topological polar surface area (TPSA) is 18.5 Å². The van der Waals surface area contributed by atoms with Crippen molar-refractivity contribution in [2.45, 2.75) is 109 Å². The molecule has 2 nitrogen and oxygen atoms in total. The number of rotatable bonds is 6. The Balaban J connectivity index is 2.26. The first-order valence-corrected chi connectivity index (χ1v) is 12.8. The Morgan fingerprint density at radius 1 is 0.885 bits per heavy atom. The molecule has 2 atom stereocenters. The van der Waals surface area contributed by atoms with E-state index in [1.165, 1.54) is 44.1 Å². The maximum Gasteiger partial charge on any atom is 0.343 e. The second-order valence-electron chi connectivity index (χ2n) is 8.63. The molecule has 1 aromatic rings. The highest BCUT2D eigenvalue weighted by Crippen LogP contribution is 2.39. The number of hydrogen-bond donors (Lipinski definition) is 0. The molecule has 1 aliphatic heterocycles. The van der Waals surface area contributed by atoms with Crippen molar-refractivity contribution in [3.8, 4) is 0 Å². The third kappa shape index (κ3) is 5.93. The van der Waals surface area contributed by atoms with Gasteiger partial charge in [0.2, 0.25) is 0 Å². The van der Waals surface area contributed by atoms with Crippen LogP contribution in [0.25, 0.3) is 0 Å².